The molecular weight excluding hydrogens is 244 g/mol. The van der Waals surface area contributed by atoms with Crippen LogP contribution in [0.3, 0.4) is 0 Å². The fraction of sp³-hybridized carbons (Fsp3) is 0.538. The predicted octanol–water partition coefficient (Wildman–Crippen LogP) is 1.33. The summed E-state index contributed by atoms with van der Waals surface area (Å²) in [5.74, 6) is 0. The normalized spacial score (nSPS) is 20.4. The Balaban J connectivity index is 2.05. The molecule has 1 atom stereocenters. The Bertz CT molecular complexity index is 573. The molecule has 102 valence electrons. The first kappa shape index (κ1) is 12.4. The Morgan fingerprint density at radius 1 is 1.42 bits per heavy atom. The fourth-order valence-electron chi connectivity index (χ4n) is 2.40. The molecule has 19 heavy (non-hydrogen) atoms. The second-order valence-corrected chi connectivity index (χ2v) is 4.68. The van der Waals surface area contributed by atoms with Gasteiger partial charge in [0.05, 0.1) is 24.4 Å². The van der Waals surface area contributed by atoms with Crippen LogP contribution in [0.25, 0.3) is 11.0 Å². The van der Waals surface area contributed by atoms with Gasteiger partial charge in [-0.1, -0.05) is 0 Å². The van der Waals surface area contributed by atoms with Gasteiger partial charge >= 0.3 is 6.01 Å². The van der Waals surface area contributed by atoms with Gasteiger partial charge in [-0.15, -0.1) is 0 Å². The number of aromatic nitrogens is 3. The minimum Gasteiger partial charge on any atom is -0.467 e. The molecule has 1 aliphatic heterocycles. The summed E-state index contributed by atoms with van der Waals surface area (Å²) in [5, 5.41) is 3.38. The Morgan fingerprint density at radius 2 is 2.32 bits per heavy atom. The Kier molecular flexibility index (Phi) is 3.35. The number of H-pyrrole nitrogens is 1. The van der Waals surface area contributed by atoms with Crippen molar-refractivity contribution in [2.45, 2.75) is 19.4 Å². The largest absolute Gasteiger partial charge is 0.467 e. The van der Waals surface area contributed by atoms with Crippen LogP contribution in [0.15, 0.2) is 6.20 Å². The molecule has 3 rings (SSSR count). The molecule has 6 heteroatoms. The van der Waals surface area contributed by atoms with Gasteiger partial charge in [-0.05, 0) is 19.9 Å². The zero-order valence-electron chi connectivity index (χ0n) is 11.2. The van der Waals surface area contributed by atoms with Crippen molar-refractivity contribution in [2.24, 2.45) is 0 Å². The number of fused-ring (bicyclic) bond motifs is 1. The first-order chi connectivity index (χ1) is 9.29. The van der Waals surface area contributed by atoms with E-state index in [0.29, 0.717) is 6.01 Å². The van der Waals surface area contributed by atoms with E-state index >= 15 is 0 Å². The summed E-state index contributed by atoms with van der Waals surface area (Å²) >= 11 is 0. The van der Waals surface area contributed by atoms with Crippen LogP contribution in [0.2, 0.25) is 0 Å². The first-order valence-corrected chi connectivity index (χ1v) is 6.51. The topological polar surface area (TPSA) is 72.1 Å². The van der Waals surface area contributed by atoms with Crippen LogP contribution < -0.4 is 10.1 Å². The second kappa shape index (κ2) is 5.14. The van der Waals surface area contributed by atoms with E-state index in [-0.39, 0.29) is 6.10 Å². The maximum absolute atomic E-state index is 5.89. The molecule has 0 radical (unpaired) electrons. The highest BCUT2D eigenvalue weighted by atomic mass is 16.5. The van der Waals surface area contributed by atoms with E-state index in [4.69, 9.17) is 9.47 Å². The molecule has 0 aliphatic carbocycles. The minimum atomic E-state index is 0.0234. The lowest BCUT2D eigenvalue weighted by Gasteiger charge is -2.13. The predicted molar refractivity (Wildman–Crippen MR) is 71.4 cm³/mol. The number of rotatable bonds is 2. The summed E-state index contributed by atoms with van der Waals surface area (Å²) in [4.78, 5) is 12.0. The lowest BCUT2D eigenvalue weighted by Crippen LogP contribution is -2.20. The SMILES string of the molecule is COc1nc(C)c2[nH]cc(C3CNCCCO3)c2n1. The van der Waals surface area contributed by atoms with Crippen molar-refractivity contribution < 1.29 is 9.47 Å². The van der Waals surface area contributed by atoms with Gasteiger partial charge in [0.2, 0.25) is 0 Å². The average molecular weight is 262 g/mol. The molecule has 0 saturated carbocycles. The van der Waals surface area contributed by atoms with Gasteiger partial charge in [0.1, 0.15) is 5.52 Å². The van der Waals surface area contributed by atoms with Crippen molar-refractivity contribution in [1.29, 1.82) is 0 Å². The number of aryl methyl sites for hydroxylation is 1. The highest BCUT2D eigenvalue weighted by molar-refractivity contribution is 5.81. The van der Waals surface area contributed by atoms with Gasteiger partial charge in [-0.25, -0.2) is 0 Å². The fourth-order valence-corrected chi connectivity index (χ4v) is 2.40. The summed E-state index contributed by atoms with van der Waals surface area (Å²) in [5.41, 5.74) is 3.78. The molecule has 2 aromatic heterocycles. The molecule has 2 aromatic rings. The van der Waals surface area contributed by atoms with Crippen molar-refractivity contribution in [3.8, 4) is 6.01 Å². The Labute approximate surface area is 111 Å². The maximum Gasteiger partial charge on any atom is 0.317 e. The molecule has 0 aromatic carbocycles. The van der Waals surface area contributed by atoms with Crippen LogP contribution >= 0.6 is 0 Å². The second-order valence-electron chi connectivity index (χ2n) is 4.68. The van der Waals surface area contributed by atoms with Crippen LogP contribution in [0.4, 0.5) is 0 Å². The van der Waals surface area contributed by atoms with Gasteiger partial charge in [-0.2, -0.15) is 9.97 Å². The lowest BCUT2D eigenvalue weighted by molar-refractivity contribution is 0.0677. The minimum absolute atomic E-state index is 0.0234. The van der Waals surface area contributed by atoms with Crippen LogP contribution in [0.1, 0.15) is 23.8 Å². The van der Waals surface area contributed by atoms with Gasteiger partial charge in [0.25, 0.3) is 0 Å². The van der Waals surface area contributed by atoms with Crippen LogP contribution in [-0.2, 0) is 4.74 Å². The standard InChI is InChI=1S/C13H18N4O2/c1-8-11-12(17-13(16-8)18-2)9(6-15-11)10-7-14-4-3-5-19-10/h6,10,14-15H,3-5,7H2,1-2H3. The first-order valence-electron chi connectivity index (χ1n) is 6.51. The monoisotopic (exact) mass is 262 g/mol. The van der Waals surface area contributed by atoms with E-state index in [9.17, 15) is 0 Å². The third kappa shape index (κ3) is 2.29. The number of hydrogen-bond acceptors (Lipinski definition) is 5. The van der Waals surface area contributed by atoms with Gasteiger partial charge in [0, 0.05) is 24.9 Å². The molecule has 1 saturated heterocycles. The van der Waals surface area contributed by atoms with Crippen molar-refractivity contribution in [3.63, 3.8) is 0 Å². The van der Waals surface area contributed by atoms with Crippen LogP contribution in [-0.4, -0.2) is 41.8 Å². The summed E-state index contributed by atoms with van der Waals surface area (Å²) < 4.78 is 11.0. The van der Waals surface area contributed by atoms with Crippen LogP contribution in [0.5, 0.6) is 6.01 Å². The highest BCUT2D eigenvalue weighted by Gasteiger charge is 2.20. The molecule has 1 unspecified atom stereocenters. The van der Waals surface area contributed by atoms with Crippen molar-refractivity contribution >= 4 is 11.0 Å². The molecule has 2 N–H and O–H groups in total. The van der Waals surface area contributed by atoms with Crippen molar-refractivity contribution in [1.82, 2.24) is 20.3 Å². The number of nitrogens with one attached hydrogen (secondary N) is 2. The lowest BCUT2D eigenvalue weighted by atomic mass is 10.1. The molecule has 1 fully saturated rings. The quantitative estimate of drug-likeness (QED) is 0.854. The third-order valence-corrected chi connectivity index (χ3v) is 3.39. The van der Waals surface area contributed by atoms with E-state index in [1.165, 1.54) is 0 Å². The molecule has 1 aliphatic rings. The number of hydrogen-bond donors (Lipinski definition) is 2. The van der Waals surface area contributed by atoms with E-state index in [2.05, 4.69) is 20.3 Å². The van der Waals surface area contributed by atoms with E-state index < -0.39 is 0 Å². The molecule has 0 amide bonds. The third-order valence-electron chi connectivity index (χ3n) is 3.39. The van der Waals surface area contributed by atoms with E-state index in [1.54, 1.807) is 7.11 Å². The zero-order chi connectivity index (χ0) is 13.2. The number of methoxy groups -OCH3 is 1. The highest BCUT2D eigenvalue weighted by Crippen LogP contribution is 2.28. The number of ether oxygens (including phenoxy) is 2. The van der Waals surface area contributed by atoms with E-state index in [1.807, 2.05) is 13.1 Å². The zero-order valence-corrected chi connectivity index (χ0v) is 11.2. The Morgan fingerprint density at radius 3 is 3.16 bits per heavy atom. The van der Waals surface area contributed by atoms with E-state index in [0.717, 1.165) is 48.4 Å². The molecule has 6 nitrogen and oxygen atoms in total. The smallest absolute Gasteiger partial charge is 0.317 e. The molecule has 0 spiro atoms. The number of nitrogens with zero attached hydrogens (tertiary/aromatic N) is 2. The molecule has 0 bridgehead atoms. The summed E-state index contributed by atoms with van der Waals surface area (Å²) in [7, 11) is 1.58. The summed E-state index contributed by atoms with van der Waals surface area (Å²) in [6, 6.07) is 0.396. The van der Waals surface area contributed by atoms with Crippen molar-refractivity contribution in [2.75, 3.05) is 26.8 Å². The molecule has 3 heterocycles. The van der Waals surface area contributed by atoms with Gasteiger partial charge in [0.15, 0.2) is 0 Å². The average Bonchev–Trinajstić information content (AvgIpc) is 2.67. The summed E-state index contributed by atoms with van der Waals surface area (Å²) in [6.45, 7) is 4.51. The van der Waals surface area contributed by atoms with Gasteiger partial charge in [-0.3, -0.25) is 0 Å². The number of aromatic amines is 1. The van der Waals surface area contributed by atoms with Crippen LogP contribution in [0, 0.1) is 6.92 Å². The van der Waals surface area contributed by atoms with Crippen molar-refractivity contribution in [3.05, 3.63) is 17.5 Å². The summed E-state index contributed by atoms with van der Waals surface area (Å²) in [6.07, 6.45) is 3.02. The Hall–Kier alpha value is -1.66. The van der Waals surface area contributed by atoms with Gasteiger partial charge < -0.3 is 19.8 Å². The molecular formula is C13H18N4O2. The maximum atomic E-state index is 5.89.